The van der Waals surface area contributed by atoms with Gasteiger partial charge in [0, 0.05) is 6.54 Å². The summed E-state index contributed by atoms with van der Waals surface area (Å²) in [6.45, 7) is 0.740. The average molecular weight is 194 g/mol. The first-order valence-electron chi connectivity index (χ1n) is 5.17. The lowest BCUT2D eigenvalue weighted by Gasteiger charge is -2.34. The van der Waals surface area contributed by atoms with E-state index in [9.17, 15) is 4.79 Å². The van der Waals surface area contributed by atoms with Crippen molar-refractivity contribution in [1.29, 1.82) is 0 Å². The monoisotopic (exact) mass is 194 g/mol. The smallest absolute Gasteiger partial charge is 0.228 e. The summed E-state index contributed by atoms with van der Waals surface area (Å²) in [7, 11) is 0. The molecule has 78 valence electrons. The molecule has 1 fully saturated rings. The summed E-state index contributed by atoms with van der Waals surface area (Å²) in [6.07, 6.45) is 10.3. The van der Waals surface area contributed by atoms with Crippen molar-refractivity contribution in [2.24, 2.45) is 11.1 Å². The van der Waals surface area contributed by atoms with E-state index in [2.05, 4.69) is 11.2 Å². The molecule has 1 rings (SSSR count). The van der Waals surface area contributed by atoms with Gasteiger partial charge in [0.15, 0.2) is 0 Å². The molecule has 0 aromatic heterocycles. The topological polar surface area (TPSA) is 55.1 Å². The van der Waals surface area contributed by atoms with Crippen molar-refractivity contribution in [3.63, 3.8) is 0 Å². The van der Waals surface area contributed by atoms with Crippen molar-refractivity contribution in [2.75, 3.05) is 13.1 Å². The summed E-state index contributed by atoms with van der Waals surface area (Å²) in [5.74, 6) is 2.45. The Morgan fingerprint density at radius 1 is 1.43 bits per heavy atom. The quantitative estimate of drug-likeness (QED) is 0.648. The van der Waals surface area contributed by atoms with Crippen LogP contribution in [-0.4, -0.2) is 19.0 Å². The van der Waals surface area contributed by atoms with Crippen molar-refractivity contribution >= 4 is 5.91 Å². The summed E-state index contributed by atoms with van der Waals surface area (Å²) in [5.41, 5.74) is 5.36. The van der Waals surface area contributed by atoms with Gasteiger partial charge in [0.2, 0.25) is 5.91 Å². The van der Waals surface area contributed by atoms with Crippen LogP contribution in [0.3, 0.4) is 0 Å². The van der Waals surface area contributed by atoms with Crippen molar-refractivity contribution in [3.8, 4) is 12.3 Å². The largest absolute Gasteiger partial charge is 0.345 e. The molecule has 0 spiro atoms. The fourth-order valence-corrected chi connectivity index (χ4v) is 2.07. The van der Waals surface area contributed by atoms with Crippen molar-refractivity contribution in [3.05, 3.63) is 0 Å². The number of terminal acetylenes is 1. The van der Waals surface area contributed by atoms with Crippen molar-refractivity contribution in [1.82, 2.24) is 5.32 Å². The van der Waals surface area contributed by atoms with Crippen LogP contribution >= 0.6 is 0 Å². The lowest BCUT2D eigenvalue weighted by molar-refractivity contribution is -0.132. The number of carbonyl (C=O) groups is 1. The number of nitrogens with one attached hydrogen (secondary N) is 1. The molecule has 0 saturated heterocycles. The van der Waals surface area contributed by atoms with Gasteiger partial charge in [-0.25, -0.2) is 0 Å². The first kappa shape index (κ1) is 11.1. The lowest BCUT2D eigenvalue weighted by Crippen LogP contribution is -2.47. The minimum absolute atomic E-state index is 0.0395. The van der Waals surface area contributed by atoms with E-state index in [0.717, 1.165) is 25.7 Å². The number of rotatable bonds is 3. The highest BCUT2D eigenvalue weighted by atomic mass is 16.2. The van der Waals surface area contributed by atoms with Gasteiger partial charge in [-0.2, -0.15) is 0 Å². The molecule has 1 amide bonds. The average Bonchev–Trinajstić information content (AvgIpc) is 2.26. The van der Waals surface area contributed by atoms with Crippen LogP contribution in [0.4, 0.5) is 0 Å². The molecule has 0 atom stereocenters. The van der Waals surface area contributed by atoms with Gasteiger partial charge in [0.25, 0.3) is 0 Å². The molecule has 3 N–H and O–H groups in total. The van der Waals surface area contributed by atoms with E-state index in [0.29, 0.717) is 13.1 Å². The van der Waals surface area contributed by atoms with E-state index in [1.807, 2.05) is 0 Å². The molecular weight excluding hydrogens is 176 g/mol. The highest BCUT2D eigenvalue weighted by Gasteiger charge is 2.37. The third-order valence-electron chi connectivity index (χ3n) is 3.03. The summed E-state index contributed by atoms with van der Waals surface area (Å²) >= 11 is 0. The highest BCUT2D eigenvalue weighted by molar-refractivity contribution is 5.83. The normalized spacial score (nSPS) is 19.7. The van der Waals surface area contributed by atoms with Gasteiger partial charge in [-0.05, 0) is 12.8 Å². The Balaban J connectivity index is 2.58. The van der Waals surface area contributed by atoms with Crippen LogP contribution in [0.15, 0.2) is 0 Å². The van der Waals surface area contributed by atoms with Crippen LogP contribution in [0, 0.1) is 17.8 Å². The summed E-state index contributed by atoms with van der Waals surface area (Å²) in [6, 6.07) is 0. The third-order valence-corrected chi connectivity index (χ3v) is 3.03. The second kappa shape index (κ2) is 5.02. The molecule has 1 aliphatic carbocycles. The number of carbonyl (C=O) groups excluding carboxylic acids is 1. The SMILES string of the molecule is C#CCNC(=O)C1(CN)CCCCC1. The number of hydrogen-bond acceptors (Lipinski definition) is 2. The molecule has 0 aromatic carbocycles. The summed E-state index contributed by atoms with van der Waals surface area (Å²) in [4.78, 5) is 11.8. The van der Waals surface area contributed by atoms with E-state index in [4.69, 9.17) is 12.2 Å². The zero-order valence-electron chi connectivity index (χ0n) is 8.51. The Bertz CT molecular complexity index is 236. The molecule has 1 saturated carbocycles. The fraction of sp³-hybridized carbons (Fsp3) is 0.727. The predicted octanol–water partition coefficient (Wildman–Crippen LogP) is 0.645. The van der Waals surface area contributed by atoms with Crippen LogP contribution in [0.1, 0.15) is 32.1 Å². The van der Waals surface area contributed by atoms with Crippen molar-refractivity contribution < 1.29 is 4.79 Å². The zero-order valence-corrected chi connectivity index (χ0v) is 8.51. The second-order valence-electron chi connectivity index (χ2n) is 3.93. The molecule has 0 heterocycles. The van der Waals surface area contributed by atoms with E-state index in [1.54, 1.807) is 0 Å². The van der Waals surface area contributed by atoms with Gasteiger partial charge in [0.1, 0.15) is 0 Å². The molecule has 0 bridgehead atoms. The molecule has 1 aliphatic rings. The van der Waals surface area contributed by atoms with Gasteiger partial charge in [-0.1, -0.05) is 25.2 Å². The van der Waals surface area contributed by atoms with Crippen LogP contribution in [0.2, 0.25) is 0 Å². The van der Waals surface area contributed by atoms with E-state index >= 15 is 0 Å². The Morgan fingerprint density at radius 2 is 2.07 bits per heavy atom. The molecule has 0 aromatic rings. The standard InChI is InChI=1S/C11H18N2O/c1-2-8-13-10(14)11(9-12)6-4-3-5-7-11/h1H,3-9,12H2,(H,13,14). The van der Waals surface area contributed by atoms with Gasteiger partial charge in [-0.3, -0.25) is 4.79 Å². The van der Waals surface area contributed by atoms with Crippen molar-refractivity contribution in [2.45, 2.75) is 32.1 Å². The second-order valence-corrected chi connectivity index (χ2v) is 3.93. The molecule has 3 nitrogen and oxygen atoms in total. The molecule has 3 heteroatoms. The maximum atomic E-state index is 11.8. The van der Waals surface area contributed by atoms with Gasteiger partial charge in [-0.15, -0.1) is 6.42 Å². The summed E-state index contributed by atoms with van der Waals surface area (Å²) < 4.78 is 0. The maximum Gasteiger partial charge on any atom is 0.228 e. The maximum absolute atomic E-state index is 11.8. The van der Waals surface area contributed by atoms with E-state index in [-0.39, 0.29) is 11.3 Å². The number of hydrogen-bond donors (Lipinski definition) is 2. The fourth-order valence-electron chi connectivity index (χ4n) is 2.07. The number of amides is 1. The molecular formula is C11H18N2O. The molecule has 0 unspecified atom stereocenters. The van der Waals surface area contributed by atoms with Crippen LogP contribution < -0.4 is 11.1 Å². The first-order chi connectivity index (χ1) is 6.75. The van der Waals surface area contributed by atoms with Crippen LogP contribution in [0.25, 0.3) is 0 Å². The van der Waals surface area contributed by atoms with Crippen LogP contribution in [-0.2, 0) is 4.79 Å². The third kappa shape index (κ3) is 2.27. The molecule has 14 heavy (non-hydrogen) atoms. The Kier molecular flexibility index (Phi) is 3.97. The Labute approximate surface area is 85.4 Å². The highest BCUT2D eigenvalue weighted by Crippen LogP contribution is 2.35. The van der Waals surface area contributed by atoms with Gasteiger partial charge < -0.3 is 11.1 Å². The first-order valence-corrected chi connectivity index (χ1v) is 5.17. The molecule has 0 radical (unpaired) electrons. The van der Waals surface area contributed by atoms with E-state index < -0.39 is 0 Å². The Hall–Kier alpha value is -1.01. The number of nitrogens with two attached hydrogens (primary N) is 1. The van der Waals surface area contributed by atoms with Gasteiger partial charge >= 0.3 is 0 Å². The lowest BCUT2D eigenvalue weighted by atomic mass is 9.73. The Morgan fingerprint density at radius 3 is 2.57 bits per heavy atom. The minimum atomic E-state index is -0.338. The predicted molar refractivity (Wildman–Crippen MR) is 56.4 cm³/mol. The van der Waals surface area contributed by atoms with Gasteiger partial charge in [0.05, 0.1) is 12.0 Å². The van der Waals surface area contributed by atoms with Crippen LogP contribution in [0.5, 0.6) is 0 Å². The summed E-state index contributed by atoms with van der Waals surface area (Å²) in [5, 5.41) is 2.74. The zero-order chi connectivity index (χ0) is 10.4. The molecule has 0 aliphatic heterocycles. The minimum Gasteiger partial charge on any atom is -0.345 e. The van der Waals surface area contributed by atoms with E-state index in [1.165, 1.54) is 6.42 Å².